The van der Waals surface area contributed by atoms with Gasteiger partial charge in [0.05, 0.1) is 34.4 Å². The van der Waals surface area contributed by atoms with Crippen molar-refractivity contribution in [1.82, 2.24) is 14.7 Å². The van der Waals surface area contributed by atoms with Crippen molar-refractivity contribution in [2.45, 2.75) is 45.4 Å². The number of aryl methyl sites for hydroxylation is 1. The van der Waals surface area contributed by atoms with Gasteiger partial charge in [-0.15, -0.1) is 0 Å². The Morgan fingerprint density at radius 3 is 2.21 bits per heavy atom. The third-order valence-corrected chi connectivity index (χ3v) is 5.70. The van der Waals surface area contributed by atoms with E-state index in [0.29, 0.717) is 35.3 Å². The van der Waals surface area contributed by atoms with E-state index in [1.54, 1.807) is 6.92 Å². The third kappa shape index (κ3) is 5.83. The monoisotopic (exact) mass is 557 g/mol. The molecule has 14 heteroatoms. The lowest BCUT2D eigenvalue weighted by Crippen LogP contribution is -2.31. The smallest absolute Gasteiger partial charge is 0.416 e. The summed E-state index contributed by atoms with van der Waals surface area (Å²) in [4.78, 5) is 25.8. The zero-order chi connectivity index (χ0) is 25.3. The molecule has 2 aromatic rings. The molecule has 0 aliphatic carbocycles. The molecule has 0 saturated heterocycles. The number of carbonyl (C=O) groups excluding carboxylic acids is 2. The number of fused-ring (bicyclic) bond motifs is 1. The maximum atomic E-state index is 13.0. The normalized spacial score (nSPS) is 14.4. The molecule has 0 unspecified atom stereocenters. The maximum Gasteiger partial charge on any atom is 0.416 e. The lowest BCUT2D eigenvalue weighted by Gasteiger charge is -2.20. The third-order valence-electron chi connectivity index (χ3n) is 4.87. The lowest BCUT2D eigenvalue weighted by atomic mass is 10.1. The van der Waals surface area contributed by atoms with Crippen molar-refractivity contribution in [3.63, 3.8) is 0 Å². The highest BCUT2D eigenvalue weighted by molar-refractivity contribution is 9.10. The van der Waals surface area contributed by atoms with Crippen molar-refractivity contribution in [2.24, 2.45) is 0 Å². The molecule has 0 N–H and O–H groups in total. The Hall–Kier alpha value is -2.77. The predicted octanol–water partition coefficient (Wildman–Crippen LogP) is 5.40. The molecule has 3 rings (SSSR count). The molecular weight excluding hydrogens is 540 g/mol. The van der Waals surface area contributed by atoms with Gasteiger partial charge in [0.2, 0.25) is 0 Å². The number of amides is 1. The molecule has 1 amide bonds. The first-order valence-electron chi connectivity index (χ1n) is 9.93. The van der Waals surface area contributed by atoms with Gasteiger partial charge in [-0.3, -0.25) is 4.68 Å². The Bertz CT molecular complexity index is 1050. The first kappa shape index (κ1) is 25.8. The van der Waals surface area contributed by atoms with Crippen molar-refractivity contribution >= 4 is 28.0 Å². The van der Waals surface area contributed by atoms with Gasteiger partial charge in [0.25, 0.3) is 0 Å². The SMILES string of the molecule is CCOC(=O)c1nn2c(c1Br)CN(C(=O)OCc1cc(C(F)(F)F)cc(C(F)(F)F)c1)CCC2. The number of benzene rings is 1. The number of esters is 1. The second kappa shape index (κ2) is 9.84. The molecule has 1 aromatic heterocycles. The number of nitrogens with zero attached hydrogens (tertiary/aromatic N) is 3. The van der Waals surface area contributed by atoms with Crippen molar-refractivity contribution in [3.05, 3.63) is 50.8 Å². The minimum Gasteiger partial charge on any atom is -0.461 e. The van der Waals surface area contributed by atoms with Crippen LogP contribution in [-0.4, -0.2) is 39.9 Å². The van der Waals surface area contributed by atoms with E-state index < -0.39 is 47.7 Å². The number of carbonyl (C=O) groups is 2. The van der Waals surface area contributed by atoms with Crippen molar-refractivity contribution in [2.75, 3.05) is 13.2 Å². The van der Waals surface area contributed by atoms with Crippen LogP contribution in [0.1, 0.15) is 46.2 Å². The van der Waals surface area contributed by atoms with Gasteiger partial charge in [-0.05, 0) is 53.0 Å². The molecule has 1 aromatic carbocycles. The molecule has 2 heterocycles. The second-order valence-corrected chi connectivity index (χ2v) is 8.09. The highest BCUT2D eigenvalue weighted by Crippen LogP contribution is 2.36. The van der Waals surface area contributed by atoms with Crippen LogP contribution in [0.2, 0.25) is 0 Å². The average Bonchev–Trinajstić information content (AvgIpc) is 2.92. The summed E-state index contributed by atoms with van der Waals surface area (Å²) >= 11 is 3.27. The van der Waals surface area contributed by atoms with Crippen LogP contribution in [0.25, 0.3) is 0 Å². The zero-order valence-corrected chi connectivity index (χ0v) is 19.2. The van der Waals surface area contributed by atoms with E-state index in [9.17, 15) is 35.9 Å². The number of ether oxygens (including phenoxy) is 2. The summed E-state index contributed by atoms with van der Waals surface area (Å²) in [5.41, 5.74) is -2.96. The van der Waals surface area contributed by atoms with Crippen LogP contribution < -0.4 is 0 Å². The summed E-state index contributed by atoms with van der Waals surface area (Å²) in [6.07, 6.45) is -10.5. The van der Waals surface area contributed by atoms with Crippen LogP contribution in [-0.2, 0) is 41.5 Å². The maximum absolute atomic E-state index is 13.0. The predicted molar refractivity (Wildman–Crippen MR) is 108 cm³/mol. The molecule has 0 bridgehead atoms. The van der Waals surface area contributed by atoms with E-state index >= 15 is 0 Å². The number of hydrogen-bond donors (Lipinski definition) is 0. The zero-order valence-electron chi connectivity index (χ0n) is 17.6. The van der Waals surface area contributed by atoms with Gasteiger partial charge >= 0.3 is 24.4 Å². The van der Waals surface area contributed by atoms with Gasteiger partial charge in [-0.25, -0.2) is 9.59 Å². The summed E-state index contributed by atoms with van der Waals surface area (Å²) in [7, 11) is 0. The number of halogens is 7. The average molecular weight is 558 g/mol. The van der Waals surface area contributed by atoms with Crippen LogP contribution in [0.4, 0.5) is 31.1 Å². The molecule has 0 saturated carbocycles. The number of rotatable bonds is 4. The Kier molecular flexibility index (Phi) is 7.48. The van der Waals surface area contributed by atoms with Crippen LogP contribution in [0.15, 0.2) is 22.7 Å². The molecule has 0 atom stereocenters. The molecular formula is C20H18BrF6N3O4. The van der Waals surface area contributed by atoms with Crippen molar-refractivity contribution in [1.29, 1.82) is 0 Å². The molecule has 0 radical (unpaired) electrons. The summed E-state index contributed by atoms with van der Waals surface area (Å²) in [6, 6.07) is 1.00. The fourth-order valence-electron chi connectivity index (χ4n) is 3.31. The lowest BCUT2D eigenvalue weighted by molar-refractivity contribution is -0.143. The van der Waals surface area contributed by atoms with E-state index in [2.05, 4.69) is 21.0 Å². The van der Waals surface area contributed by atoms with Crippen LogP contribution >= 0.6 is 15.9 Å². The highest BCUT2D eigenvalue weighted by atomic mass is 79.9. The van der Waals surface area contributed by atoms with Gasteiger partial charge in [0.1, 0.15) is 6.61 Å². The molecule has 0 fully saturated rings. The van der Waals surface area contributed by atoms with Gasteiger partial charge < -0.3 is 14.4 Å². The number of alkyl halides is 6. The number of hydrogen-bond acceptors (Lipinski definition) is 5. The molecule has 1 aliphatic heterocycles. The topological polar surface area (TPSA) is 73.7 Å². The minimum atomic E-state index is -5.01. The van der Waals surface area contributed by atoms with E-state index in [-0.39, 0.29) is 31.5 Å². The summed E-state index contributed by atoms with van der Waals surface area (Å²) in [5, 5.41) is 4.18. The van der Waals surface area contributed by atoms with Crippen LogP contribution in [0.3, 0.4) is 0 Å². The molecule has 0 spiro atoms. The van der Waals surface area contributed by atoms with Crippen LogP contribution in [0.5, 0.6) is 0 Å². The standard InChI is InChI=1S/C20H18BrF6N3O4/c1-2-33-17(31)16-15(21)14-9-29(4-3-5-30(14)28-16)18(32)34-10-11-6-12(19(22,23)24)8-13(7-11)20(25,26)27/h6-8H,2-5,9-10H2,1H3. The Labute approximate surface area is 197 Å². The largest absolute Gasteiger partial charge is 0.461 e. The summed E-state index contributed by atoms with van der Waals surface area (Å²) in [5.74, 6) is -0.658. The fourth-order valence-corrected chi connectivity index (χ4v) is 3.88. The fraction of sp³-hybridized carbons (Fsp3) is 0.450. The minimum absolute atomic E-state index is 0.0000628. The Morgan fingerprint density at radius 1 is 1.03 bits per heavy atom. The molecule has 1 aliphatic rings. The first-order chi connectivity index (χ1) is 15.8. The highest BCUT2D eigenvalue weighted by Gasteiger charge is 2.37. The van der Waals surface area contributed by atoms with Gasteiger partial charge in [-0.1, -0.05) is 0 Å². The summed E-state index contributed by atoms with van der Waals surface area (Å²) in [6.45, 7) is 1.47. The van der Waals surface area contributed by atoms with Crippen molar-refractivity contribution in [3.8, 4) is 0 Å². The molecule has 186 valence electrons. The quantitative estimate of drug-likeness (QED) is 0.371. The Morgan fingerprint density at radius 2 is 1.65 bits per heavy atom. The van der Waals surface area contributed by atoms with Gasteiger partial charge in [0, 0.05) is 13.1 Å². The molecule has 7 nitrogen and oxygen atoms in total. The second-order valence-electron chi connectivity index (χ2n) is 7.30. The van der Waals surface area contributed by atoms with E-state index in [0.717, 1.165) is 0 Å². The van der Waals surface area contributed by atoms with Gasteiger partial charge in [0.15, 0.2) is 5.69 Å². The van der Waals surface area contributed by atoms with E-state index in [1.807, 2.05) is 0 Å². The summed E-state index contributed by atoms with van der Waals surface area (Å²) < 4.78 is 90.0. The van der Waals surface area contributed by atoms with E-state index in [1.165, 1.54) is 9.58 Å². The van der Waals surface area contributed by atoms with Crippen LogP contribution in [0, 0.1) is 0 Å². The first-order valence-corrected chi connectivity index (χ1v) is 10.7. The van der Waals surface area contributed by atoms with Gasteiger partial charge in [-0.2, -0.15) is 31.4 Å². The molecule has 34 heavy (non-hydrogen) atoms. The van der Waals surface area contributed by atoms with Crippen molar-refractivity contribution < 1.29 is 45.4 Å². The number of aromatic nitrogens is 2. The van der Waals surface area contributed by atoms with E-state index in [4.69, 9.17) is 9.47 Å². The Balaban J connectivity index is 1.76.